The molecule has 1 fully saturated rings. The first-order valence-corrected chi connectivity index (χ1v) is 6.98. The standard InChI is InChI=1S/C15H21N3O2/c1-11-7-8-16-14(11)15(20)18-10-13(19)17-9-12-5-3-2-4-6-12/h2-6,11,14,16H,7-10H2,1H3,(H,17,19)(H,18,20). The Labute approximate surface area is 119 Å². The third-order valence-electron chi connectivity index (χ3n) is 3.57. The van der Waals surface area contributed by atoms with Crippen molar-refractivity contribution in [3.63, 3.8) is 0 Å². The van der Waals surface area contributed by atoms with Gasteiger partial charge >= 0.3 is 0 Å². The summed E-state index contributed by atoms with van der Waals surface area (Å²) in [6.07, 6.45) is 0.998. The Bertz CT molecular complexity index is 461. The number of carbonyl (C=O) groups excluding carboxylic acids is 2. The third kappa shape index (κ3) is 4.06. The zero-order valence-corrected chi connectivity index (χ0v) is 11.7. The summed E-state index contributed by atoms with van der Waals surface area (Å²) in [5.41, 5.74) is 1.04. The van der Waals surface area contributed by atoms with E-state index in [0.29, 0.717) is 12.5 Å². The van der Waals surface area contributed by atoms with Crippen molar-refractivity contribution < 1.29 is 9.59 Å². The van der Waals surface area contributed by atoms with E-state index >= 15 is 0 Å². The summed E-state index contributed by atoms with van der Waals surface area (Å²) >= 11 is 0. The van der Waals surface area contributed by atoms with E-state index in [1.807, 2.05) is 37.3 Å². The van der Waals surface area contributed by atoms with Gasteiger partial charge < -0.3 is 16.0 Å². The van der Waals surface area contributed by atoms with E-state index < -0.39 is 0 Å². The minimum atomic E-state index is -0.173. The van der Waals surface area contributed by atoms with Gasteiger partial charge in [0, 0.05) is 6.54 Å². The SMILES string of the molecule is CC1CCNC1C(=O)NCC(=O)NCc1ccccc1. The summed E-state index contributed by atoms with van der Waals surface area (Å²) in [4.78, 5) is 23.6. The molecule has 1 heterocycles. The van der Waals surface area contributed by atoms with Crippen molar-refractivity contribution in [1.29, 1.82) is 0 Å². The summed E-state index contributed by atoms with van der Waals surface area (Å²) in [5, 5.41) is 8.60. The molecule has 0 bridgehead atoms. The lowest BCUT2D eigenvalue weighted by Gasteiger charge is -2.15. The minimum Gasteiger partial charge on any atom is -0.350 e. The highest BCUT2D eigenvalue weighted by atomic mass is 16.2. The molecular weight excluding hydrogens is 254 g/mol. The van der Waals surface area contributed by atoms with Crippen LogP contribution in [0, 0.1) is 5.92 Å². The first kappa shape index (κ1) is 14.5. The Morgan fingerprint density at radius 1 is 1.25 bits per heavy atom. The predicted octanol–water partition coefficient (Wildman–Crippen LogP) is 0.417. The van der Waals surface area contributed by atoms with Crippen molar-refractivity contribution >= 4 is 11.8 Å². The molecule has 2 amide bonds. The van der Waals surface area contributed by atoms with Gasteiger partial charge in [0.05, 0.1) is 12.6 Å². The van der Waals surface area contributed by atoms with Gasteiger partial charge in [-0.2, -0.15) is 0 Å². The molecule has 0 aliphatic carbocycles. The lowest BCUT2D eigenvalue weighted by Crippen LogP contribution is -2.46. The maximum absolute atomic E-state index is 11.9. The van der Waals surface area contributed by atoms with Crippen molar-refractivity contribution in [3.05, 3.63) is 35.9 Å². The average Bonchev–Trinajstić information content (AvgIpc) is 2.90. The molecule has 2 unspecified atom stereocenters. The van der Waals surface area contributed by atoms with E-state index in [9.17, 15) is 9.59 Å². The molecule has 108 valence electrons. The first-order valence-electron chi connectivity index (χ1n) is 6.98. The lowest BCUT2D eigenvalue weighted by molar-refractivity contribution is -0.127. The number of carbonyl (C=O) groups is 2. The topological polar surface area (TPSA) is 70.2 Å². The molecule has 3 N–H and O–H groups in total. The Hall–Kier alpha value is -1.88. The van der Waals surface area contributed by atoms with Crippen molar-refractivity contribution in [2.45, 2.75) is 25.9 Å². The monoisotopic (exact) mass is 275 g/mol. The molecule has 0 radical (unpaired) electrons. The third-order valence-corrected chi connectivity index (χ3v) is 3.57. The van der Waals surface area contributed by atoms with Gasteiger partial charge in [0.1, 0.15) is 0 Å². The highest BCUT2D eigenvalue weighted by Gasteiger charge is 2.29. The van der Waals surface area contributed by atoms with Crippen LogP contribution in [0.5, 0.6) is 0 Å². The van der Waals surface area contributed by atoms with E-state index in [2.05, 4.69) is 16.0 Å². The molecule has 2 atom stereocenters. The highest BCUT2D eigenvalue weighted by Crippen LogP contribution is 2.13. The fraction of sp³-hybridized carbons (Fsp3) is 0.467. The molecular formula is C15H21N3O2. The van der Waals surface area contributed by atoms with Gasteiger partial charge in [-0.15, -0.1) is 0 Å². The second kappa shape index (κ2) is 7.05. The van der Waals surface area contributed by atoms with Crippen LogP contribution in [0.4, 0.5) is 0 Å². The fourth-order valence-electron chi connectivity index (χ4n) is 2.32. The zero-order valence-electron chi connectivity index (χ0n) is 11.7. The predicted molar refractivity (Wildman–Crippen MR) is 76.9 cm³/mol. The molecule has 1 aromatic rings. The van der Waals surface area contributed by atoms with Gasteiger partial charge in [0.2, 0.25) is 11.8 Å². The van der Waals surface area contributed by atoms with E-state index in [1.165, 1.54) is 0 Å². The summed E-state index contributed by atoms with van der Waals surface area (Å²) in [7, 11) is 0. The Kier molecular flexibility index (Phi) is 5.12. The molecule has 1 saturated heterocycles. The number of rotatable bonds is 5. The lowest BCUT2D eigenvalue weighted by atomic mass is 10.0. The van der Waals surface area contributed by atoms with Crippen LogP contribution in [-0.2, 0) is 16.1 Å². The summed E-state index contributed by atoms with van der Waals surface area (Å²) in [6, 6.07) is 9.51. The molecule has 1 aliphatic rings. The van der Waals surface area contributed by atoms with Crippen LogP contribution in [-0.4, -0.2) is 30.9 Å². The smallest absolute Gasteiger partial charge is 0.239 e. The minimum absolute atomic E-state index is 0.0244. The van der Waals surface area contributed by atoms with Crippen LogP contribution in [0.3, 0.4) is 0 Å². The maximum atomic E-state index is 11.9. The molecule has 0 aromatic heterocycles. The van der Waals surface area contributed by atoms with Crippen molar-refractivity contribution in [2.24, 2.45) is 5.92 Å². The first-order chi connectivity index (χ1) is 9.66. The second-order valence-corrected chi connectivity index (χ2v) is 5.18. The van der Waals surface area contributed by atoms with Gasteiger partial charge in [0.15, 0.2) is 0 Å². The van der Waals surface area contributed by atoms with Gasteiger partial charge in [-0.25, -0.2) is 0 Å². The number of amides is 2. The highest BCUT2D eigenvalue weighted by molar-refractivity contribution is 5.87. The fourth-order valence-corrected chi connectivity index (χ4v) is 2.32. The van der Waals surface area contributed by atoms with Crippen LogP contribution in [0.2, 0.25) is 0 Å². The van der Waals surface area contributed by atoms with Crippen molar-refractivity contribution in [2.75, 3.05) is 13.1 Å². The second-order valence-electron chi connectivity index (χ2n) is 5.18. The van der Waals surface area contributed by atoms with Crippen LogP contribution >= 0.6 is 0 Å². The van der Waals surface area contributed by atoms with Crippen LogP contribution in [0.25, 0.3) is 0 Å². The van der Waals surface area contributed by atoms with Gasteiger partial charge in [-0.05, 0) is 24.4 Å². The molecule has 1 aromatic carbocycles. The van der Waals surface area contributed by atoms with E-state index in [4.69, 9.17) is 0 Å². The number of nitrogens with one attached hydrogen (secondary N) is 3. The summed E-state index contributed by atoms with van der Waals surface area (Å²) in [5.74, 6) is 0.0556. The van der Waals surface area contributed by atoms with E-state index in [0.717, 1.165) is 18.5 Å². The largest absolute Gasteiger partial charge is 0.350 e. The zero-order chi connectivity index (χ0) is 14.4. The van der Waals surface area contributed by atoms with Crippen LogP contribution in [0.15, 0.2) is 30.3 Å². The van der Waals surface area contributed by atoms with Crippen LogP contribution in [0.1, 0.15) is 18.9 Å². The van der Waals surface area contributed by atoms with E-state index in [-0.39, 0.29) is 24.4 Å². The number of hydrogen-bond acceptors (Lipinski definition) is 3. The quantitative estimate of drug-likeness (QED) is 0.729. The molecule has 1 aliphatic heterocycles. The summed E-state index contributed by atoms with van der Waals surface area (Å²) < 4.78 is 0. The molecule has 2 rings (SSSR count). The maximum Gasteiger partial charge on any atom is 0.239 e. The van der Waals surface area contributed by atoms with Crippen molar-refractivity contribution in [3.8, 4) is 0 Å². The molecule has 5 heteroatoms. The summed E-state index contributed by atoms with van der Waals surface area (Å²) in [6.45, 7) is 3.41. The molecule has 20 heavy (non-hydrogen) atoms. The van der Waals surface area contributed by atoms with Gasteiger partial charge in [-0.1, -0.05) is 37.3 Å². The Morgan fingerprint density at radius 2 is 2.00 bits per heavy atom. The van der Waals surface area contributed by atoms with Crippen LogP contribution < -0.4 is 16.0 Å². The van der Waals surface area contributed by atoms with Gasteiger partial charge in [-0.3, -0.25) is 9.59 Å². The number of benzene rings is 1. The van der Waals surface area contributed by atoms with Gasteiger partial charge in [0.25, 0.3) is 0 Å². The Balaban J connectivity index is 1.68. The van der Waals surface area contributed by atoms with E-state index in [1.54, 1.807) is 0 Å². The van der Waals surface area contributed by atoms with Crippen molar-refractivity contribution in [1.82, 2.24) is 16.0 Å². The molecule has 5 nitrogen and oxygen atoms in total. The average molecular weight is 275 g/mol. The Morgan fingerprint density at radius 3 is 2.65 bits per heavy atom. The molecule has 0 spiro atoms. The normalized spacial score (nSPS) is 21.4. The molecule has 0 saturated carbocycles. The number of hydrogen-bond donors (Lipinski definition) is 3.